The lowest BCUT2D eigenvalue weighted by Crippen LogP contribution is -2.38. The number of nitrogens with zero attached hydrogens (tertiary/aromatic N) is 1. The minimum absolute atomic E-state index is 0.101. The summed E-state index contributed by atoms with van der Waals surface area (Å²) < 4.78 is 37.7. The Balaban J connectivity index is 2.13. The van der Waals surface area contributed by atoms with Crippen LogP contribution in [0, 0.1) is 0 Å². The molecule has 0 saturated carbocycles. The molecule has 2 rings (SSSR count). The number of nitrogens with one attached hydrogen (secondary N) is 1. The standard InChI is InChI=1S/C16H23F3N2/c1-2-10-20-14(8-9-16(17,18)19)13-7-3-5-12-6-4-11-21-15(12)13/h4,6,11,13-14,20H,2-3,5,7-10H2,1H3. The first-order valence-electron chi connectivity index (χ1n) is 7.75. The number of fused-ring (bicyclic) bond motifs is 1. The van der Waals surface area contributed by atoms with E-state index in [4.69, 9.17) is 0 Å². The molecule has 0 spiro atoms. The molecule has 21 heavy (non-hydrogen) atoms. The van der Waals surface area contributed by atoms with Crippen molar-refractivity contribution in [3.8, 4) is 0 Å². The molecule has 0 bridgehead atoms. The van der Waals surface area contributed by atoms with Crippen molar-refractivity contribution >= 4 is 0 Å². The zero-order valence-corrected chi connectivity index (χ0v) is 12.4. The number of aryl methyl sites for hydroxylation is 1. The molecular weight excluding hydrogens is 277 g/mol. The van der Waals surface area contributed by atoms with Crippen LogP contribution in [0.4, 0.5) is 13.2 Å². The maximum atomic E-state index is 12.6. The van der Waals surface area contributed by atoms with Crippen molar-refractivity contribution in [1.82, 2.24) is 10.3 Å². The van der Waals surface area contributed by atoms with Crippen LogP contribution in [0.5, 0.6) is 0 Å². The largest absolute Gasteiger partial charge is 0.389 e. The van der Waals surface area contributed by atoms with E-state index in [2.05, 4.69) is 16.4 Å². The molecule has 118 valence electrons. The molecule has 1 aromatic rings. The summed E-state index contributed by atoms with van der Waals surface area (Å²) in [6.07, 6.45) is 0.912. The molecule has 0 radical (unpaired) electrons. The Morgan fingerprint density at radius 2 is 2.24 bits per heavy atom. The van der Waals surface area contributed by atoms with Gasteiger partial charge in [0.2, 0.25) is 0 Å². The van der Waals surface area contributed by atoms with Crippen LogP contribution in [0.15, 0.2) is 18.3 Å². The lowest BCUT2D eigenvalue weighted by molar-refractivity contribution is -0.137. The van der Waals surface area contributed by atoms with E-state index in [0.717, 1.165) is 37.9 Å². The Morgan fingerprint density at radius 1 is 1.43 bits per heavy atom. The van der Waals surface area contributed by atoms with Crippen LogP contribution in [-0.2, 0) is 6.42 Å². The number of halogens is 3. The number of hydrogen-bond acceptors (Lipinski definition) is 2. The Morgan fingerprint density at radius 3 is 2.95 bits per heavy atom. The van der Waals surface area contributed by atoms with Crippen molar-refractivity contribution in [2.24, 2.45) is 0 Å². The van der Waals surface area contributed by atoms with Crippen molar-refractivity contribution in [2.75, 3.05) is 6.54 Å². The van der Waals surface area contributed by atoms with Crippen molar-refractivity contribution < 1.29 is 13.2 Å². The molecule has 0 amide bonds. The van der Waals surface area contributed by atoms with E-state index in [-0.39, 0.29) is 18.4 Å². The van der Waals surface area contributed by atoms with Crippen LogP contribution in [0.2, 0.25) is 0 Å². The summed E-state index contributed by atoms with van der Waals surface area (Å²) in [5.74, 6) is 0.101. The van der Waals surface area contributed by atoms with Gasteiger partial charge in [0, 0.05) is 30.3 Å². The van der Waals surface area contributed by atoms with E-state index < -0.39 is 12.6 Å². The number of alkyl halides is 3. The van der Waals surface area contributed by atoms with Gasteiger partial charge in [0.05, 0.1) is 0 Å². The normalized spacial score (nSPS) is 20.1. The average Bonchev–Trinajstić information content (AvgIpc) is 2.46. The van der Waals surface area contributed by atoms with Gasteiger partial charge in [-0.15, -0.1) is 0 Å². The smallest absolute Gasteiger partial charge is 0.313 e. The second-order valence-electron chi connectivity index (χ2n) is 5.76. The maximum absolute atomic E-state index is 12.6. The maximum Gasteiger partial charge on any atom is 0.389 e. The quantitative estimate of drug-likeness (QED) is 0.851. The Labute approximate surface area is 124 Å². The Kier molecular flexibility index (Phi) is 5.62. The number of rotatable bonds is 6. The van der Waals surface area contributed by atoms with E-state index in [0.29, 0.717) is 0 Å². The third-order valence-corrected chi connectivity index (χ3v) is 4.12. The molecule has 1 N–H and O–H groups in total. The van der Waals surface area contributed by atoms with Gasteiger partial charge in [-0.3, -0.25) is 4.98 Å². The van der Waals surface area contributed by atoms with Crippen molar-refractivity contribution in [3.05, 3.63) is 29.6 Å². The first-order valence-corrected chi connectivity index (χ1v) is 7.75. The van der Waals surface area contributed by atoms with Gasteiger partial charge in [-0.2, -0.15) is 13.2 Å². The van der Waals surface area contributed by atoms with Gasteiger partial charge in [-0.05, 0) is 50.3 Å². The highest BCUT2D eigenvalue weighted by Crippen LogP contribution is 2.35. The fourth-order valence-corrected chi connectivity index (χ4v) is 3.13. The summed E-state index contributed by atoms with van der Waals surface area (Å²) in [5, 5.41) is 3.31. The Hall–Kier alpha value is -1.10. The fourth-order valence-electron chi connectivity index (χ4n) is 3.13. The summed E-state index contributed by atoms with van der Waals surface area (Å²) >= 11 is 0. The monoisotopic (exact) mass is 300 g/mol. The predicted molar refractivity (Wildman–Crippen MR) is 77.3 cm³/mol. The molecule has 0 aliphatic heterocycles. The molecule has 0 saturated heterocycles. The summed E-state index contributed by atoms with van der Waals surface area (Å²) in [4.78, 5) is 4.45. The topological polar surface area (TPSA) is 24.9 Å². The molecule has 2 atom stereocenters. The minimum atomic E-state index is -4.09. The van der Waals surface area contributed by atoms with Crippen molar-refractivity contribution in [3.63, 3.8) is 0 Å². The summed E-state index contributed by atoms with van der Waals surface area (Å²) in [6, 6.07) is 3.82. The highest BCUT2D eigenvalue weighted by atomic mass is 19.4. The molecule has 1 aliphatic carbocycles. The first kappa shape index (κ1) is 16.3. The highest BCUT2D eigenvalue weighted by Gasteiger charge is 2.33. The van der Waals surface area contributed by atoms with Crippen LogP contribution in [0.25, 0.3) is 0 Å². The van der Waals surface area contributed by atoms with Gasteiger partial charge in [0.15, 0.2) is 0 Å². The lowest BCUT2D eigenvalue weighted by Gasteiger charge is -2.32. The van der Waals surface area contributed by atoms with Gasteiger partial charge in [-0.25, -0.2) is 0 Å². The third-order valence-electron chi connectivity index (χ3n) is 4.12. The zero-order chi connectivity index (χ0) is 15.3. The van der Waals surface area contributed by atoms with Crippen LogP contribution in [0.3, 0.4) is 0 Å². The van der Waals surface area contributed by atoms with E-state index in [1.165, 1.54) is 5.56 Å². The number of aromatic nitrogens is 1. The van der Waals surface area contributed by atoms with Gasteiger partial charge < -0.3 is 5.32 Å². The molecule has 1 aliphatic rings. The molecule has 2 unspecified atom stereocenters. The van der Waals surface area contributed by atoms with Gasteiger partial charge in [0.25, 0.3) is 0 Å². The zero-order valence-electron chi connectivity index (χ0n) is 12.4. The molecule has 1 heterocycles. The summed E-state index contributed by atoms with van der Waals surface area (Å²) in [5.41, 5.74) is 2.20. The molecule has 0 fully saturated rings. The van der Waals surface area contributed by atoms with Gasteiger partial charge in [0.1, 0.15) is 0 Å². The van der Waals surface area contributed by atoms with E-state index in [1.54, 1.807) is 6.20 Å². The first-order chi connectivity index (χ1) is 10.0. The van der Waals surface area contributed by atoms with Crippen LogP contribution >= 0.6 is 0 Å². The molecule has 5 heteroatoms. The van der Waals surface area contributed by atoms with Crippen molar-refractivity contribution in [2.45, 2.75) is 63.6 Å². The van der Waals surface area contributed by atoms with Crippen LogP contribution in [-0.4, -0.2) is 23.7 Å². The summed E-state index contributed by atoms with van der Waals surface area (Å²) in [6.45, 7) is 2.78. The SMILES string of the molecule is CCCNC(CCC(F)(F)F)C1CCCc2cccnc21. The van der Waals surface area contributed by atoms with E-state index in [9.17, 15) is 13.2 Å². The predicted octanol–water partition coefficient (Wildman–Crippen LogP) is 4.21. The van der Waals surface area contributed by atoms with E-state index >= 15 is 0 Å². The van der Waals surface area contributed by atoms with Gasteiger partial charge >= 0.3 is 6.18 Å². The van der Waals surface area contributed by atoms with E-state index in [1.807, 2.05) is 13.0 Å². The second kappa shape index (κ2) is 7.25. The number of hydrogen-bond donors (Lipinski definition) is 1. The fraction of sp³-hybridized carbons (Fsp3) is 0.688. The molecule has 1 aromatic heterocycles. The number of pyridine rings is 1. The van der Waals surface area contributed by atoms with Gasteiger partial charge in [-0.1, -0.05) is 13.0 Å². The summed E-state index contributed by atoms with van der Waals surface area (Å²) in [7, 11) is 0. The molecule has 0 aromatic carbocycles. The molecule has 2 nitrogen and oxygen atoms in total. The molecular formula is C16H23F3N2. The third kappa shape index (κ3) is 4.70. The lowest BCUT2D eigenvalue weighted by atomic mass is 9.80. The van der Waals surface area contributed by atoms with Crippen LogP contribution in [0.1, 0.15) is 56.2 Å². The van der Waals surface area contributed by atoms with Crippen LogP contribution < -0.4 is 5.32 Å². The van der Waals surface area contributed by atoms with Crippen molar-refractivity contribution in [1.29, 1.82) is 0 Å². The highest BCUT2D eigenvalue weighted by molar-refractivity contribution is 5.27. The average molecular weight is 300 g/mol. The minimum Gasteiger partial charge on any atom is -0.313 e. The second-order valence-corrected chi connectivity index (χ2v) is 5.76. The Bertz CT molecular complexity index is 445.